The lowest BCUT2D eigenvalue weighted by molar-refractivity contribution is 0.000724. The Kier molecular flexibility index (Phi) is 4.12. The number of carbonyl (C=O) groups is 1. The summed E-state index contributed by atoms with van der Waals surface area (Å²) in [7, 11) is 0. The molecular formula is C20H24FN3O. The number of nitrogens with one attached hydrogen (secondary N) is 1. The molecule has 3 aliphatic rings. The van der Waals surface area contributed by atoms with Crippen LogP contribution in [0.5, 0.6) is 0 Å². The molecule has 132 valence electrons. The van der Waals surface area contributed by atoms with Gasteiger partial charge in [-0.1, -0.05) is 25.3 Å². The number of amides is 1. The highest BCUT2D eigenvalue weighted by molar-refractivity contribution is 5.98. The highest BCUT2D eigenvalue weighted by atomic mass is 19.2. The van der Waals surface area contributed by atoms with Crippen molar-refractivity contribution in [3.8, 4) is 0 Å². The van der Waals surface area contributed by atoms with Crippen molar-refractivity contribution >= 4 is 5.91 Å². The molecule has 1 amide bonds. The predicted octanol–water partition coefficient (Wildman–Crippen LogP) is 3.49. The van der Waals surface area contributed by atoms with Gasteiger partial charge in [-0.3, -0.25) is 4.79 Å². The van der Waals surface area contributed by atoms with Crippen LogP contribution in [0, 0.1) is 0 Å². The van der Waals surface area contributed by atoms with Crippen molar-refractivity contribution in [1.29, 1.82) is 0 Å². The van der Waals surface area contributed by atoms with E-state index in [0.29, 0.717) is 25.6 Å². The summed E-state index contributed by atoms with van der Waals surface area (Å²) in [5.74, 6) is 0.469. The van der Waals surface area contributed by atoms with Crippen molar-refractivity contribution < 1.29 is 9.28 Å². The van der Waals surface area contributed by atoms with Gasteiger partial charge in [-0.2, -0.15) is 0 Å². The van der Waals surface area contributed by atoms with E-state index < -0.39 is 0 Å². The smallest absolute Gasteiger partial charge is 0.255 e. The molecule has 1 aromatic carbocycles. The van der Waals surface area contributed by atoms with Crippen LogP contribution < -0.4 is 5.32 Å². The first-order valence-electron chi connectivity index (χ1n) is 9.01. The molecule has 1 N–H and O–H groups in total. The van der Waals surface area contributed by atoms with Gasteiger partial charge in [0.2, 0.25) is 0 Å². The molecule has 0 aliphatic carbocycles. The Labute approximate surface area is 147 Å². The van der Waals surface area contributed by atoms with Gasteiger partial charge < -0.3 is 10.2 Å². The Morgan fingerprint density at radius 1 is 1.16 bits per heavy atom. The summed E-state index contributed by atoms with van der Waals surface area (Å²) in [4.78, 5) is 14.7. The lowest BCUT2D eigenvalue weighted by Gasteiger charge is -2.34. The van der Waals surface area contributed by atoms with Crippen LogP contribution in [0.25, 0.3) is 0 Å². The number of piperidine rings is 2. The third-order valence-electron chi connectivity index (χ3n) is 5.71. The molecule has 3 aliphatic heterocycles. The molecule has 0 spiro atoms. The number of hydrogen-bond donors (Lipinski definition) is 1. The summed E-state index contributed by atoms with van der Waals surface area (Å²) in [6.07, 6.45) is 3.39. The molecule has 0 bridgehead atoms. The van der Waals surface area contributed by atoms with Crippen LogP contribution in [0.4, 0.5) is 4.48 Å². The summed E-state index contributed by atoms with van der Waals surface area (Å²) >= 11 is 0. The van der Waals surface area contributed by atoms with Crippen LogP contribution >= 0.6 is 0 Å². The van der Waals surface area contributed by atoms with E-state index in [0.717, 1.165) is 53.3 Å². The van der Waals surface area contributed by atoms with E-state index >= 15 is 0 Å². The maximum atomic E-state index is 13.2. The van der Waals surface area contributed by atoms with Crippen LogP contribution in [0.3, 0.4) is 0 Å². The minimum atomic E-state index is 0.0172. The second-order valence-corrected chi connectivity index (χ2v) is 7.34. The van der Waals surface area contributed by atoms with Gasteiger partial charge in [0.05, 0.1) is 6.04 Å². The molecule has 1 atom stereocenters. The van der Waals surface area contributed by atoms with Crippen molar-refractivity contribution in [1.82, 2.24) is 15.3 Å². The lowest BCUT2D eigenvalue weighted by atomic mass is 9.88. The highest BCUT2D eigenvalue weighted by Gasteiger charge is 2.36. The fourth-order valence-corrected chi connectivity index (χ4v) is 4.25. The van der Waals surface area contributed by atoms with Crippen molar-refractivity contribution in [2.24, 2.45) is 0 Å². The highest BCUT2D eigenvalue weighted by Crippen LogP contribution is 2.34. The molecule has 4 nitrogen and oxygen atoms in total. The standard InChI is InChI=1S/C20H24FN3O/c1-13-3-6-19(14(2)22-13)24-12-17-11-16(4-5-18(17)20(24)25)15-7-9-23(21)10-8-15/h4-5,11,15,19,22H,1-3,6-10,12H2. The van der Waals surface area contributed by atoms with E-state index in [2.05, 4.69) is 30.6 Å². The Balaban J connectivity index is 1.53. The Bertz CT molecular complexity index is 736. The second-order valence-electron chi connectivity index (χ2n) is 7.34. The fraction of sp³-hybridized carbons (Fsp3) is 0.450. The number of carbonyl (C=O) groups excluding carboxylic acids is 1. The molecule has 2 fully saturated rings. The summed E-state index contributed by atoms with van der Waals surface area (Å²) in [5.41, 5.74) is 4.93. The van der Waals surface area contributed by atoms with Crippen molar-refractivity contribution in [3.63, 3.8) is 0 Å². The van der Waals surface area contributed by atoms with Gasteiger partial charge >= 0.3 is 0 Å². The summed E-state index contributed by atoms with van der Waals surface area (Å²) in [5, 5.41) is 4.09. The van der Waals surface area contributed by atoms with E-state index in [9.17, 15) is 9.28 Å². The fourth-order valence-electron chi connectivity index (χ4n) is 4.25. The average Bonchev–Trinajstić information content (AvgIpc) is 2.92. The van der Waals surface area contributed by atoms with E-state index in [1.807, 2.05) is 11.0 Å². The molecule has 25 heavy (non-hydrogen) atoms. The van der Waals surface area contributed by atoms with E-state index in [1.54, 1.807) is 0 Å². The number of rotatable bonds is 2. The Morgan fingerprint density at radius 2 is 1.92 bits per heavy atom. The summed E-state index contributed by atoms with van der Waals surface area (Å²) < 4.78 is 13.2. The van der Waals surface area contributed by atoms with Crippen molar-refractivity contribution in [2.45, 2.75) is 44.2 Å². The van der Waals surface area contributed by atoms with Gasteiger partial charge in [-0.05, 0) is 48.8 Å². The lowest BCUT2D eigenvalue weighted by Crippen LogP contribution is -2.43. The maximum absolute atomic E-state index is 13.2. The zero-order chi connectivity index (χ0) is 17.6. The number of nitrogens with zero attached hydrogens (tertiary/aromatic N) is 2. The molecule has 0 saturated carbocycles. The van der Waals surface area contributed by atoms with Crippen molar-refractivity contribution in [3.05, 3.63) is 59.4 Å². The molecular weight excluding hydrogens is 317 g/mol. The third-order valence-corrected chi connectivity index (χ3v) is 5.71. The van der Waals surface area contributed by atoms with Crippen LogP contribution in [-0.2, 0) is 6.54 Å². The van der Waals surface area contributed by atoms with Gasteiger partial charge in [-0.15, -0.1) is 9.60 Å². The minimum absolute atomic E-state index is 0.0172. The molecule has 2 saturated heterocycles. The van der Waals surface area contributed by atoms with Gasteiger partial charge in [0.25, 0.3) is 5.91 Å². The first-order chi connectivity index (χ1) is 12.0. The molecule has 1 aromatic rings. The van der Waals surface area contributed by atoms with E-state index in [4.69, 9.17) is 0 Å². The Morgan fingerprint density at radius 3 is 2.64 bits per heavy atom. The van der Waals surface area contributed by atoms with Crippen LogP contribution in [0.15, 0.2) is 42.8 Å². The molecule has 0 aromatic heterocycles. The zero-order valence-electron chi connectivity index (χ0n) is 14.4. The van der Waals surface area contributed by atoms with Gasteiger partial charge in [0, 0.05) is 36.6 Å². The Hall–Kier alpha value is -2.14. The normalized spacial score (nSPS) is 25.2. The number of hydrogen-bond acceptors (Lipinski definition) is 3. The van der Waals surface area contributed by atoms with Crippen LogP contribution in [0.2, 0.25) is 0 Å². The second kappa shape index (κ2) is 6.30. The number of fused-ring (bicyclic) bond motifs is 1. The zero-order valence-corrected chi connectivity index (χ0v) is 14.4. The topological polar surface area (TPSA) is 35.6 Å². The first-order valence-corrected chi connectivity index (χ1v) is 9.01. The van der Waals surface area contributed by atoms with E-state index in [-0.39, 0.29) is 11.9 Å². The van der Waals surface area contributed by atoms with Gasteiger partial charge in [0.1, 0.15) is 0 Å². The van der Waals surface area contributed by atoms with Crippen molar-refractivity contribution in [2.75, 3.05) is 13.1 Å². The molecule has 0 radical (unpaired) electrons. The van der Waals surface area contributed by atoms with Gasteiger partial charge in [0.15, 0.2) is 0 Å². The molecule has 3 heterocycles. The SMILES string of the molecule is C=C1CCC(N2Cc3cc(C4CCN(F)CC4)ccc3C2=O)C(=C)N1. The first kappa shape index (κ1) is 16.3. The van der Waals surface area contributed by atoms with Crippen LogP contribution in [-0.4, -0.2) is 35.1 Å². The monoisotopic (exact) mass is 341 g/mol. The molecule has 5 heteroatoms. The summed E-state index contributed by atoms with van der Waals surface area (Å²) in [6, 6.07) is 6.18. The third kappa shape index (κ3) is 2.97. The summed E-state index contributed by atoms with van der Waals surface area (Å²) in [6.45, 7) is 9.63. The number of allylic oxidation sites excluding steroid dienone is 1. The van der Waals surface area contributed by atoms with Crippen LogP contribution in [0.1, 0.15) is 53.1 Å². The molecule has 4 rings (SSSR count). The predicted molar refractivity (Wildman–Crippen MR) is 95.4 cm³/mol. The average molecular weight is 341 g/mol. The molecule has 1 unspecified atom stereocenters. The quantitative estimate of drug-likeness (QED) is 0.837. The maximum Gasteiger partial charge on any atom is 0.255 e. The number of halogens is 1. The largest absolute Gasteiger partial charge is 0.362 e. The minimum Gasteiger partial charge on any atom is -0.362 e. The van der Waals surface area contributed by atoms with E-state index in [1.165, 1.54) is 5.56 Å². The van der Waals surface area contributed by atoms with Gasteiger partial charge in [-0.25, -0.2) is 0 Å². The number of benzene rings is 1.